The van der Waals surface area contributed by atoms with Crippen molar-refractivity contribution in [1.82, 2.24) is 0 Å². The normalized spacial score (nSPS) is 27.9. The van der Waals surface area contributed by atoms with Crippen molar-refractivity contribution in [3.05, 3.63) is 90.0 Å². The van der Waals surface area contributed by atoms with E-state index in [0.717, 1.165) is 5.57 Å². The maximum absolute atomic E-state index is 14.2. The fourth-order valence-electron chi connectivity index (χ4n) is 7.72. The Bertz CT molecular complexity index is 1660. The van der Waals surface area contributed by atoms with Gasteiger partial charge in [0.25, 0.3) is 0 Å². The summed E-state index contributed by atoms with van der Waals surface area (Å²) in [5.74, 6) is -4.73. The maximum Gasteiger partial charge on any atom is 0.238 e. The number of hydrogen-bond acceptors (Lipinski definition) is 7. The molecule has 0 unspecified atom stereocenters. The lowest BCUT2D eigenvalue weighted by atomic mass is 9.57. The van der Waals surface area contributed by atoms with Gasteiger partial charge in [-0.05, 0) is 60.7 Å². The molecule has 9 heteroatoms. The zero-order valence-electron chi connectivity index (χ0n) is 23.7. The Labute approximate surface area is 248 Å². The quantitative estimate of drug-likeness (QED) is 0.352. The number of ether oxygens (including phenoxy) is 2. The Balaban J connectivity index is 1.38. The van der Waals surface area contributed by atoms with Crippen molar-refractivity contribution in [2.45, 2.75) is 18.8 Å². The number of carbonyl (C=O) groups excluding carboxylic acids is 4. The van der Waals surface area contributed by atoms with E-state index in [1.807, 2.05) is 18.2 Å². The minimum Gasteiger partial charge on any atom is -0.502 e. The highest BCUT2D eigenvalue weighted by atomic mass is 16.5. The van der Waals surface area contributed by atoms with Crippen LogP contribution in [-0.4, -0.2) is 43.0 Å². The summed E-state index contributed by atoms with van der Waals surface area (Å²) in [4.78, 5) is 58.5. The molecule has 1 saturated carbocycles. The Hall–Kier alpha value is -4.92. The lowest BCUT2D eigenvalue weighted by Gasteiger charge is -2.44. The third-order valence-corrected chi connectivity index (χ3v) is 9.54. The molecule has 43 heavy (non-hydrogen) atoms. The second-order valence-electron chi connectivity index (χ2n) is 11.5. The molecule has 3 aromatic carbocycles. The second-order valence-corrected chi connectivity index (χ2v) is 11.5. The number of aromatic hydroxyl groups is 1. The highest BCUT2D eigenvalue weighted by Gasteiger charge is 2.62. The van der Waals surface area contributed by atoms with Crippen LogP contribution in [-0.2, 0) is 19.2 Å². The van der Waals surface area contributed by atoms with E-state index in [9.17, 15) is 24.3 Å². The number of methoxy groups -OCH3 is 2. The molecule has 9 nitrogen and oxygen atoms in total. The molecule has 0 spiro atoms. The first-order chi connectivity index (χ1) is 20.8. The third kappa shape index (κ3) is 3.91. The predicted molar refractivity (Wildman–Crippen MR) is 157 cm³/mol. The van der Waals surface area contributed by atoms with Gasteiger partial charge in [0, 0.05) is 5.92 Å². The Morgan fingerprint density at radius 3 is 1.72 bits per heavy atom. The van der Waals surface area contributed by atoms with Gasteiger partial charge in [0.2, 0.25) is 29.4 Å². The van der Waals surface area contributed by atoms with Crippen molar-refractivity contribution in [3.8, 4) is 17.2 Å². The number of nitrogens with zero attached hydrogens (tertiary/aromatic N) is 2. The summed E-state index contributed by atoms with van der Waals surface area (Å²) < 4.78 is 10.9. The number of allylic oxidation sites excluding steroid dienone is 2. The molecule has 6 atom stereocenters. The molecule has 4 aliphatic rings. The summed E-state index contributed by atoms with van der Waals surface area (Å²) >= 11 is 0. The summed E-state index contributed by atoms with van der Waals surface area (Å²) in [6.45, 7) is 0. The van der Waals surface area contributed by atoms with Gasteiger partial charge in [0.05, 0.1) is 49.3 Å². The number of imide groups is 2. The van der Waals surface area contributed by atoms with Crippen molar-refractivity contribution in [2.75, 3.05) is 24.0 Å². The molecule has 2 aliphatic heterocycles. The number of carbonyl (C=O) groups is 4. The highest BCUT2D eigenvalue weighted by Crippen LogP contribution is 2.59. The summed E-state index contributed by atoms with van der Waals surface area (Å²) in [6.07, 6.45) is 2.60. The van der Waals surface area contributed by atoms with Crippen LogP contribution in [0.3, 0.4) is 0 Å². The van der Waals surface area contributed by atoms with Crippen LogP contribution in [0.5, 0.6) is 17.2 Å². The van der Waals surface area contributed by atoms with Gasteiger partial charge in [-0.3, -0.25) is 29.0 Å². The van der Waals surface area contributed by atoms with Crippen LogP contribution < -0.4 is 19.3 Å². The number of phenols is 1. The third-order valence-electron chi connectivity index (χ3n) is 9.54. The van der Waals surface area contributed by atoms with Gasteiger partial charge in [-0.1, -0.05) is 48.0 Å². The number of hydrogen-bond donors (Lipinski definition) is 1. The van der Waals surface area contributed by atoms with Gasteiger partial charge in [0.15, 0.2) is 11.5 Å². The summed E-state index contributed by atoms with van der Waals surface area (Å²) in [7, 11) is 2.86. The minimum atomic E-state index is -0.747. The molecule has 3 fully saturated rings. The molecule has 1 N–H and O–H groups in total. The summed E-state index contributed by atoms with van der Waals surface area (Å²) in [6, 6.07) is 21.0. The molecule has 2 aliphatic carbocycles. The van der Waals surface area contributed by atoms with Gasteiger partial charge in [0.1, 0.15) is 0 Å². The van der Waals surface area contributed by atoms with Crippen LogP contribution in [0.2, 0.25) is 0 Å². The van der Waals surface area contributed by atoms with Crippen molar-refractivity contribution < 1.29 is 33.8 Å². The van der Waals surface area contributed by atoms with Crippen molar-refractivity contribution >= 4 is 35.0 Å². The van der Waals surface area contributed by atoms with Crippen LogP contribution in [0.4, 0.5) is 11.4 Å². The molecule has 2 heterocycles. The fraction of sp³-hybridized carbons (Fsp3) is 0.294. The van der Waals surface area contributed by atoms with Crippen LogP contribution in [0, 0.1) is 29.6 Å². The van der Waals surface area contributed by atoms with E-state index in [1.165, 1.54) is 24.0 Å². The number of benzene rings is 3. The molecular formula is C34H30N2O7. The molecule has 218 valence electrons. The number of rotatable bonds is 5. The van der Waals surface area contributed by atoms with Gasteiger partial charge < -0.3 is 14.6 Å². The molecule has 0 bridgehead atoms. The summed E-state index contributed by atoms with van der Waals surface area (Å²) in [5, 5.41) is 10.7. The number of para-hydroxylation sites is 2. The van der Waals surface area contributed by atoms with E-state index >= 15 is 0 Å². The predicted octanol–water partition coefficient (Wildman–Crippen LogP) is 4.45. The van der Waals surface area contributed by atoms with E-state index in [0.29, 0.717) is 23.4 Å². The smallest absolute Gasteiger partial charge is 0.238 e. The first kappa shape index (κ1) is 26.9. The molecule has 7 rings (SSSR count). The highest BCUT2D eigenvalue weighted by molar-refractivity contribution is 6.24. The van der Waals surface area contributed by atoms with E-state index < -0.39 is 35.5 Å². The molecule has 3 aromatic rings. The molecule has 4 amide bonds. The summed E-state index contributed by atoms with van der Waals surface area (Å²) in [5.41, 5.74) is 2.49. The number of phenolic OH excluding ortho intramolecular Hbond substituents is 1. The molecule has 2 saturated heterocycles. The number of fused-ring (bicyclic) bond motifs is 4. The lowest BCUT2D eigenvalue weighted by molar-refractivity contribution is -0.126. The minimum absolute atomic E-state index is 0.168. The first-order valence-electron chi connectivity index (χ1n) is 14.4. The van der Waals surface area contributed by atoms with Crippen LogP contribution in [0.25, 0.3) is 0 Å². The van der Waals surface area contributed by atoms with Gasteiger partial charge in [-0.15, -0.1) is 0 Å². The number of amides is 4. The van der Waals surface area contributed by atoms with Gasteiger partial charge >= 0.3 is 0 Å². The first-order valence-corrected chi connectivity index (χ1v) is 14.4. The van der Waals surface area contributed by atoms with Gasteiger partial charge in [-0.2, -0.15) is 0 Å². The molecule has 0 aromatic heterocycles. The zero-order chi connectivity index (χ0) is 30.0. The van der Waals surface area contributed by atoms with Crippen molar-refractivity contribution in [2.24, 2.45) is 29.6 Å². The van der Waals surface area contributed by atoms with Crippen LogP contribution >= 0.6 is 0 Å². The van der Waals surface area contributed by atoms with Gasteiger partial charge in [-0.25, -0.2) is 0 Å². The Kier molecular flexibility index (Phi) is 6.34. The van der Waals surface area contributed by atoms with Crippen molar-refractivity contribution in [3.63, 3.8) is 0 Å². The number of anilines is 2. The monoisotopic (exact) mass is 578 g/mol. The van der Waals surface area contributed by atoms with E-state index in [4.69, 9.17) is 9.47 Å². The topological polar surface area (TPSA) is 113 Å². The largest absolute Gasteiger partial charge is 0.502 e. The van der Waals surface area contributed by atoms with E-state index in [2.05, 4.69) is 0 Å². The van der Waals surface area contributed by atoms with Crippen molar-refractivity contribution in [1.29, 1.82) is 0 Å². The maximum atomic E-state index is 14.2. The van der Waals surface area contributed by atoms with E-state index in [-0.39, 0.29) is 47.3 Å². The Morgan fingerprint density at radius 2 is 1.19 bits per heavy atom. The Morgan fingerprint density at radius 1 is 0.674 bits per heavy atom. The SMILES string of the molecule is COc1cc([C@H]2C3=CC[C@@H]4C(=O)N(c5ccccc5)C(=O)[C@@H]4[C@@H]3C[C@H]3C(=O)N(c4ccccc4)C(=O)[C@@H]23)cc(OC)c1O. The average Bonchev–Trinajstić information content (AvgIpc) is 3.44. The average molecular weight is 579 g/mol. The second kappa shape index (κ2) is 10.1. The molecular weight excluding hydrogens is 548 g/mol. The fourth-order valence-corrected chi connectivity index (χ4v) is 7.72. The zero-order valence-corrected chi connectivity index (χ0v) is 23.7. The van der Waals surface area contributed by atoms with Crippen LogP contribution in [0.15, 0.2) is 84.4 Å². The standard InChI is InChI=1S/C34H30N2O7/c1-42-25-15-18(16-26(43-2)30(25)37)27-21-13-14-22-28(33(40)35(31(22)38)19-9-5-3-6-10-19)23(21)17-24-29(27)34(41)36(32(24)39)20-11-7-4-8-12-20/h3-13,15-16,22-24,27-29,37H,14,17H2,1-2H3/t22-,23+,24+,27-,28-,29+/m0/s1. The van der Waals surface area contributed by atoms with Crippen LogP contribution in [0.1, 0.15) is 24.3 Å². The van der Waals surface area contributed by atoms with E-state index in [1.54, 1.807) is 60.7 Å². The molecule has 0 radical (unpaired) electrons. The lowest BCUT2D eigenvalue weighted by Crippen LogP contribution is -2.43.